The molecule has 0 unspecified atom stereocenters. The highest BCUT2D eigenvalue weighted by molar-refractivity contribution is 6.99. The average molecular weight is 569 g/mol. The minimum Gasteiger partial charge on any atom is -0.411 e. The number of rotatable bonds is 8. The van der Waals surface area contributed by atoms with E-state index in [-0.39, 0.29) is 28.4 Å². The second-order valence-electron chi connectivity index (χ2n) is 14.5. The normalized spacial score (nSPS) is 22.0. The summed E-state index contributed by atoms with van der Waals surface area (Å²) in [5.41, 5.74) is 1.10. The number of benzene rings is 2. The molecule has 210 valence electrons. The van der Waals surface area contributed by atoms with Crippen LogP contribution in [0.2, 0.25) is 42.8 Å². The molecule has 0 aromatic heterocycles. The van der Waals surface area contributed by atoms with E-state index in [1.54, 1.807) is 0 Å². The zero-order chi connectivity index (χ0) is 28.6. The molecule has 0 aliphatic heterocycles. The van der Waals surface area contributed by atoms with Gasteiger partial charge in [0.2, 0.25) is 0 Å². The fourth-order valence-corrected chi connectivity index (χ4v) is 12.4. The Morgan fingerprint density at radius 3 is 1.42 bits per heavy atom. The van der Waals surface area contributed by atoms with Crippen LogP contribution in [0.4, 0.5) is 0 Å². The Morgan fingerprint density at radius 1 is 0.632 bits per heavy atom. The Balaban J connectivity index is 2.10. The van der Waals surface area contributed by atoms with E-state index in [2.05, 4.69) is 142 Å². The molecule has 3 rings (SSSR count). The molecule has 3 atom stereocenters. The third kappa shape index (κ3) is 6.88. The first-order chi connectivity index (χ1) is 17.4. The van der Waals surface area contributed by atoms with Gasteiger partial charge in [0.15, 0.2) is 16.6 Å². The molecular formula is C32H52O3Si3. The predicted octanol–water partition coefficient (Wildman–Crippen LogP) is 7.89. The van der Waals surface area contributed by atoms with Crippen LogP contribution in [0.25, 0.3) is 0 Å². The predicted molar refractivity (Wildman–Crippen MR) is 171 cm³/mol. The highest BCUT2D eigenvalue weighted by Crippen LogP contribution is 2.43. The van der Waals surface area contributed by atoms with Crippen LogP contribution in [-0.2, 0) is 13.3 Å². The van der Waals surface area contributed by atoms with Gasteiger partial charge in [0.25, 0.3) is 8.32 Å². The number of hydrogen-bond acceptors (Lipinski definition) is 3. The molecule has 0 radical (unpaired) electrons. The van der Waals surface area contributed by atoms with Crippen molar-refractivity contribution in [1.82, 2.24) is 0 Å². The summed E-state index contributed by atoms with van der Waals surface area (Å²) in [7, 11) is -6.53. The Hall–Kier alpha value is -1.29. The van der Waals surface area contributed by atoms with Gasteiger partial charge in [-0.3, -0.25) is 0 Å². The van der Waals surface area contributed by atoms with Gasteiger partial charge in [-0.15, -0.1) is 0 Å². The summed E-state index contributed by atoms with van der Waals surface area (Å²) in [5.74, 6) is 0. The van der Waals surface area contributed by atoms with Crippen LogP contribution < -0.4 is 10.4 Å². The molecular weight excluding hydrogens is 517 g/mol. The van der Waals surface area contributed by atoms with E-state index in [9.17, 15) is 0 Å². The Bertz CT molecular complexity index is 1020. The first kappa shape index (κ1) is 31.2. The van der Waals surface area contributed by atoms with E-state index >= 15 is 0 Å². The maximum Gasteiger partial charge on any atom is 0.261 e. The molecule has 1 fully saturated rings. The van der Waals surface area contributed by atoms with E-state index in [0.29, 0.717) is 0 Å². The molecule has 0 N–H and O–H groups in total. The van der Waals surface area contributed by atoms with Gasteiger partial charge in [0.05, 0.1) is 18.3 Å². The molecule has 0 amide bonds. The lowest BCUT2D eigenvalue weighted by molar-refractivity contribution is 0.0349. The van der Waals surface area contributed by atoms with Crippen LogP contribution >= 0.6 is 0 Å². The van der Waals surface area contributed by atoms with E-state index in [4.69, 9.17) is 13.3 Å². The van der Waals surface area contributed by atoms with E-state index in [0.717, 1.165) is 18.4 Å². The molecule has 0 spiro atoms. The van der Waals surface area contributed by atoms with Crippen molar-refractivity contribution < 1.29 is 13.3 Å². The monoisotopic (exact) mass is 568 g/mol. The summed E-state index contributed by atoms with van der Waals surface area (Å²) in [6.07, 6.45) is 1.55. The quantitative estimate of drug-likeness (QED) is 0.239. The van der Waals surface area contributed by atoms with Crippen molar-refractivity contribution in [3.05, 3.63) is 72.8 Å². The van der Waals surface area contributed by atoms with Crippen LogP contribution in [0, 0.1) is 0 Å². The van der Waals surface area contributed by atoms with Crippen molar-refractivity contribution in [3.63, 3.8) is 0 Å². The molecule has 6 heteroatoms. The van der Waals surface area contributed by atoms with Gasteiger partial charge in [-0.1, -0.05) is 109 Å². The summed E-state index contributed by atoms with van der Waals surface area (Å²) < 4.78 is 21.4. The van der Waals surface area contributed by atoms with Gasteiger partial charge in [0, 0.05) is 12.8 Å². The molecule has 3 nitrogen and oxygen atoms in total. The van der Waals surface area contributed by atoms with Crippen molar-refractivity contribution in [1.29, 1.82) is 0 Å². The standard InChI is InChI=1S/C32H52O3Si3/c1-25-29(34-36(8,9)10)23-26(24-30(25)35-37(11,12)31(2,3)4)33-38(32(5,6)7,27-19-15-13-16-20-27)28-21-17-14-18-22-28/h13-22,26,29-30H,1,23-24H2,2-12H3/t26-,29-,30+/m1/s1. The fourth-order valence-electron chi connectivity index (χ4n) is 5.33. The largest absolute Gasteiger partial charge is 0.411 e. The zero-order valence-corrected chi connectivity index (χ0v) is 28.9. The molecule has 2 aromatic rings. The summed E-state index contributed by atoms with van der Waals surface area (Å²) in [5, 5.41) is 2.67. The summed E-state index contributed by atoms with van der Waals surface area (Å²) in [6, 6.07) is 21.9. The van der Waals surface area contributed by atoms with Crippen molar-refractivity contribution in [2.45, 2.75) is 116 Å². The molecule has 0 bridgehead atoms. The number of hydrogen-bond donors (Lipinski definition) is 0. The minimum atomic E-state index is -2.69. The van der Waals surface area contributed by atoms with E-state index in [1.807, 2.05) is 0 Å². The topological polar surface area (TPSA) is 27.7 Å². The SMILES string of the molecule is C=C1[C@@H](O[Si](C)(C)C(C)(C)C)C[C@H](O[Si](c2ccccc2)(c2ccccc2)C(C)(C)C)C[C@H]1O[Si](C)(C)C. The van der Waals surface area contributed by atoms with Gasteiger partial charge in [-0.2, -0.15) is 0 Å². The van der Waals surface area contributed by atoms with Crippen molar-refractivity contribution in [3.8, 4) is 0 Å². The highest BCUT2D eigenvalue weighted by Gasteiger charge is 2.53. The van der Waals surface area contributed by atoms with Gasteiger partial charge < -0.3 is 13.3 Å². The van der Waals surface area contributed by atoms with Crippen molar-refractivity contribution in [2.75, 3.05) is 0 Å². The maximum absolute atomic E-state index is 7.61. The smallest absolute Gasteiger partial charge is 0.261 e. The van der Waals surface area contributed by atoms with Gasteiger partial charge >= 0.3 is 0 Å². The van der Waals surface area contributed by atoms with Crippen molar-refractivity contribution in [2.24, 2.45) is 0 Å². The lowest BCUT2D eigenvalue weighted by atomic mass is 9.89. The average Bonchev–Trinajstić information content (AvgIpc) is 2.79. The fraction of sp³-hybridized carbons (Fsp3) is 0.562. The second-order valence-corrected chi connectivity index (χ2v) is 28.0. The third-order valence-corrected chi connectivity index (χ3v) is 18.9. The molecule has 1 aliphatic carbocycles. The van der Waals surface area contributed by atoms with E-state index in [1.165, 1.54) is 10.4 Å². The molecule has 2 aromatic carbocycles. The first-order valence-electron chi connectivity index (χ1n) is 14.2. The summed E-state index contributed by atoms with van der Waals surface area (Å²) >= 11 is 0. The van der Waals surface area contributed by atoms with Crippen LogP contribution in [0.1, 0.15) is 54.4 Å². The van der Waals surface area contributed by atoms with E-state index < -0.39 is 25.0 Å². The highest BCUT2D eigenvalue weighted by atomic mass is 28.4. The summed E-state index contributed by atoms with van der Waals surface area (Å²) in [4.78, 5) is 0. The molecule has 0 saturated heterocycles. The zero-order valence-electron chi connectivity index (χ0n) is 25.9. The van der Waals surface area contributed by atoms with Gasteiger partial charge in [-0.25, -0.2) is 0 Å². The molecule has 0 heterocycles. The maximum atomic E-state index is 7.61. The second kappa shape index (κ2) is 11.3. The lowest BCUT2D eigenvalue weighted by Gasteiger charge is -2.49. The first-order valence-corrected chi connectivity index (χ1v) is 22.4. The minimum absolute atomic E-state index is 0.0166. The Labute approximate surface area is 236 Å². The molecule has 38 heavy (non-hydrogen) atoms. The van der Waals surface area contributed by atoms with Gasteiger partial charge in [0.1, 0.15) is 0 Å². The van der Waals surface area contributed by atoms with Crippen LogP contribution in [0.15, 0.2) is 72.8 Å². The lowest BCUT2D eigenvalue weighted by Crippen LogP contribution is -2.68. The van der Waals surface area contributed by atoms with Crippen molar-refractivity contribution >= 4 is 35.3 Å². The molecule has 1 saturated carbocycles. The van der Waals surface area contributed by atoms with Crippen LogP contribution in [0.3, 0.4) is 0 Å². The summed E-state index contributed by atoms with van der Waals surface area (Å²) in [6.45, 7) is 30.0. The van der Waals surface area contributed by atoms with Crippen LogP contribution in [0.5, 0.6) is 0 Å². The third-order valence-electron chi connectivity index (χ3n) is 8.28. The Morgan fingerprint density at radius 2 is 1.05 bits per heavy atom. The van der Waals surface area contributed by atoms with Gasteiger partial charge in [-0.05, 0) is 58.8 Å². The Kier molecular flexibility index (Phi) is 9.29. The molecule has 1 aliphatic rings. The van der Waals surface area contributed by atoms with Crippen LogP contribution in [-0.4, -0.2) is 43.3 Å².